The second-order valence-electron chi connectivity index (χ2n) is 7.40. The quantitative estimate of drug-likeness (QED) is 0.650. The summed E-state index contributed by atoms with van der Waals surface area (Å²) in [5.74, 6) is 0. The lowest BCUT2D eigenvalue weighted by atomic mass is 10.1. The molecule has 3 rings (SSSR count). The highest BCUT2D eigenvalue weighted by atomic mass is 15.2. The van der Waals surface area contributed by atoms with Crippen LogP contribution < -0.4 is 0 Å². The van der Waals surface area contributed by atoms with Gasteiger partial charge >= 0.3 is 0 Å². The Hall–Kier alpha value is -1.96. The van der Waals surface area contributed by atoms with Gasteiger partial charge in [-0.05, 0) is 71.4 Å². The van der Waals surface area contributed by atoms with Gasteiger partial charge in [0.15, 0.2) is 0 Å². The number of nitrogens with zero attached hydrogens (tertiary/aromatic N) is 2. The minimum Gasteiger partial charge on any atom is -0.347 e. The third-order valence-corrected chi connectivity index (χ3v) is 4.95. The van der Waals surface area contributed by atoms with Gasteiger partial charge in [-0.3, -0.25) is 0 Å². The van der Waals surface area contributed by atoms with Crippen molar-refractivity contribution < 1.29 is 0 Å². The van der Waals surface area contributed by atoms with Crippen molar-refractivity contribution in [1.29, 1.82) is 0 Å². The Morgan fingerprint density at radius 1 is 0.958 bits per heavy atom. The molecule has 24 heavy (non-hydrogen) atoms. The maximum absolute atomic E-state index is 2.50. The van der Waals surface area contributed by atoms with E-state index in [4.69, 9.17) is 0 Å². The van der Waals surface area contributed by atoms with E-state index in [-0.39, 0.29) is 0 Å². The standard InChI is InChI=1S/C22H30N2/c1-16(2)23-18(5)9-8-11-20(23)13-14-21-15-19-10-6-7-12-22(19)24(21)17(3)4/h6-7,9-12,15-17H,8,13-14H2,1-5H3. The van der Waals surface area contributed by atoms with E-state index in [0.717, 1.165) is 19.3 Å². The average molecular weight is 322 g/mol. The third-order valence-electron chi connectivity index (χ3n) is 4.95. The van der Waals surface area contributed by atoms with Gasteiger partial charge in [0.05, 0.1) is 0 Å². The van der Waals surface area contributed by atoms with Crippen LogP contribution in [0.2, 0.25) is 0 Å². The monoisotopic (exact) mass is 322 g/mol. The molecule has 0 fully saturated rings. The molecule has 0 atom stereocenters. The van der Waals surface area contributed by atoms with Crippen LogP contribution in [0.5, 0.6) is 0 Å². The minimum atomic E-state index is 0.489. The van der Waals surface area contributed by atoms with Gasteiger partial charge in [-0.1, -0.05) is 30.4 Å². The van der Waals surface area contributed by atoms with Gasteiger partial charge in [-0.2, -0.15) is 0 Å². The zero-order valence-corrected chi connectivity index (χ0v) is 15.7. The van der Waals surface area contributed by atoms with Crippen molar-refractivity contribution >= 4 is 10.9 Å². The number of aromatic nitrogens is 1. The second-order valence-corrected chi connectivity index (χ2v) is 7.40. The largest absolute Gasteiger partial charge is 0.347 e. The smallest absolute Gasteiger partial charge is 0.0484 e. The summed E-state index contributed by atoms with van der Waals surface area (Å²) in [6.45, 7) is 11.4. The number of hydrogen-bond acceptors (Lipinski definition) is 1. The van der Waals surface area contributed by atoms with Crippen LogP contribution in [0.3, 0.4) is 0 Å². The summed E-state index contributed by atoms with van der Waals surface area (Å²) in [5.41, 5.74) is 5.68. The van der Waals surface area contributed by atoms with Crippen LogP contribution in [-0.4, -0.2) is 15.5 Å². The number of allylic oxidation sites excluding steroid dienone is 4. The Morgan fingerprint density at radius 3 is 2.42 bits per heavy atom. The third kappa shape index (κ3) is 3.15. The molecule has 1 aromatic heterocycles. The maximum atomic E-state index is 2.50. The average Bonchev–Trinajstić information content (AvgIpc) is 2.91. The number of fused-ring (bicyclic) bond motifs is 1. The van der Waals surface area contributed by atoms with Crippen molar-refractivity contribution in [3.63, 3.8) is 0 Å². The lowest BCUT2D eigenvalue weighted by Gasteiger charge is -2.34. The molecule has 0 saturated carbocycles. The number of aryl methyl sites for hydroxylation is 1. The Labute approximate surface area is 146 Å². The molecule has 0 spiro atoms. The highest BCUT2D eigenvalue weighted by molar-refractivity contribution is 5.81. The van der Waals surface area contributed by atoms with Crippen LogP contribution in [0.15, 0.2) is 53.9 Å². The Bertz CT molecular complexity index is 774. The second kappa shape index (κ2) is 6.88. The Kier molecular flexibility index (Phi) is 4.84. The van der Waals surface area contributed by atoms with Crippen LogP contribution in [0, 0.1) is 0 Å². The zero-order chi connectivity index (χ0) is 17.3. The van der Waals surface area contributed by atoms with Crippen molar-refractivity contribution in [2.24, 2.45) is 0 Å². The Balaban J connectivity index is 1.86. The van der Waals surface area contributed by atoms with Crippen LogP contribution in [0.25, 0.3) is 10.9 Å². The van der Waals surface area contributed by atoms with Crippen LogP contribution in [-0.2, 0) is 6.42 Å². The molecule has 2 nitrogen and oxygen atoms in total. The van der Waals surface area contributed by atoms with Crippen LogP contribution >= 0.6 is 0 Å². The number of hydrogen-bond donors (Lipinski definition) is 0. The number of para-hydroxylation sites is 1. The summed E-state index contributed by atoms with van der Waals surface area (Å²) in [6.07, 6.45) is 7.99. The molecule has 2 heterocycles. The Morgan fingerprint density at radius 2 is 1.71 bits per heavy atom. The van der Waals surface area contributed by atoms with E-state index < -0.39 is 0 Å². The van der Waals surface area contributed by atoms with E-state index in [2.05, 4.69) is 86.6 Å². The van der Waals surface area contributed by atoms with Gasteiger partial charge in [0.2, 0.25) is 0 Å². The molecule has 2 heteroatoms. The van der Waals surface area contributed by atoms with Crippen molar-refractivity contribution in [3.05, 3.63) is 59.6 Å². The fraction of sp³-hybridized carbons (Fsp3) is 0.455. The predicted octanol–water partition coefficient (Wildman–Crippen LogP) is 6.06. The predicted molar refractivity (Wildman–Crippen MR) is 104 cm³/mol. The minimum absolute atomic E-state index is 0.489. The van der Waals surface area contributed by atoms with E-state index in [0.29, 0.717) is 12.1 Å². The first kappa shape index (κ1) is 16.9. The molecule has 0 radical (unpaired) electrons. The topological polar surface area (TPSA) is 8.17 Å². The molecular formula is C22H30N2. The lowest BCUT2D eigenvalue weighted by molar-refractivity contribution is 0.334. The van der Waals surface area contributed by atoms with E-state index >= 15 is 0 Å². The lowest BCUT2D eigenvalue weighted by Crippen LogP contribution is -2.30. The number of rotatable bonds is 5. The summed E-state index contributed by atoms with van der Waals surface area (Å²) < 4.78 is 2.50. The first-order valence-electron chi connectivity index (χ1n) is 9.23. The molecule has 0 amide bonds. The molecule has 128 valence electrons. The van der Waals surface area contributed by atoms with Gasteiger partial charge in [-0.15, -0.1) is 0 Å². The summed E-state index contributed by atoms with van der Waals surface area (Å²) in [4.78, 5) is 2.49. The van der Waals surface area contributed by atoms with Crippen LogP contribution in [0.1, 0.15) is 59.2 Å². The first-order valence-corrected chi connectivity index (χ1v) is 9.23. The molecule has 0 saturated heterocycles. The van der Waals surface area contributed by atoms with E-state index in [1.807, 2.05) is 0 Å². The molecule has 1 aliphatic rings. The highest BCUT2D eigenvalue weighted by Crippen LogP contribution is 2.29. The first-order chi connectivity index (χ1) is 11.5. The van der Waals surface area contributed by atoms with Gasteiger partial charge in [0.25, 0.3) is 0 Å². The van der Waals surface area contributed by atoms with Gasteiger partial charge in [0.1, 0.15) is 0 Å². The molecule has 1 aromatic carbocycles. The number of benzene rings is 1. The SMILES string of the molecule is CC1=CCC=C(CCc2cc3ccccc3n2C(C)C)N1C(C)C. The summed E-state index contributed by atoms with van der Waals surface area (Å²) in [5, 5.41) is 1.36. The van der Waals surface area contributed by atoms with Crippen molar-refractivity contribution in [2.75, 3.05) is 0 Å². The summed E-state index contributed by atoms with van der Waals surface area (Å²) >= 11 is 0. The molecule has 0 bridgehead atoms. The van der Waals surface area contributed by atoms with Crippen molar-refractivity contribution in [3.8, 4) is 0 Å². The van der Waals surface area contributed by atoms with Crippen LogP contribution in [0.4, 0.5) is 0 Å². The van der Waals surface area contributed by atoms with E-state index in [1.54, 1.807) is 0 Å². The fourth-order valence-corrected chi connectivity index (χ4v) is 4.04. The molecule has 1 aliphatic heterocycles. The van der Waals surface area contributed by atoms with Gasteiger partial charge in [0, 0.05) is 34.7 Å². The maximum Gasteiger partial charge on any atom is 0.0484 e. The molecular weight excluding hydrogens is 292 g/mol. The summed E-state index contributed by atoms with van der Waals surface area (Å²) in [6, 6.07) is 12.1. The fourth-order valence-electron chi connectivity index (χ4n) is 4.04. The molecule has 2 aromatic rings. The van der Waals surface area contributed by atoms with Gasteiger partial charge < -0.3 is 9.47 Å². The van der Waals surface area contributed by atoms with Gasteiger partial charge in [-0.25, -0.2) is 0 Å². The van der Waals surface area contributed by atoms with E-state index in [9.17, 15) is 0 Å². The highest BCUT2D eigenvalue weighted by Gasteiger charge is 2.19. The normalized spacial score (nSPS) is 15.4. The molecule has 0 aliphatic carbocycles. The molecule has 0 N–H and O–H groups in total. The van der Waals surface area contributed by atoms with Crippen molar-refractivity contribution in [2.45, 2.75) is 66.0 Å². The van der Waals surface area contributed by atoms with Crippen molar-refractivity contribution in [1.82, 2.24) is 9.47 Å². The molecule has 0 unspecified atom stereocenters. The summed E-state index contributed by atoms with van der Waals surface area (Å²) in [7, 11) is 0. The zero-order valence-electron chi connectivity index (χ0n) is 15.7. The van der Waals surface area contributed by atoms with E-state index in [1.165, 1.54) is 28.0 Å².